The third-order valence-electron chi connectivity index (χ3n) is 3.98. The van der Waals surface area contributed by atoms with E-state index in [-0.39, 0.29) is 11.7 Å². The predicted molar refractivity (Wildman–Crippen MR) is 111 cm³/mol. The van der Waals surface area contributed by atoms with Crippen molar-refractivity contribution in [2.45, 2.75) is 18.9 Å². The van der Waals surface area contributed by atoms with E-state index in [0.717, 1.165) is 20.9 Å². The zero-order chi connectivity index (χ0) is 20.7. The van der Waals surface area contributed by atoms with Crippen molar-refractivity contribution < 1.29 is 14.3 Å². The van der Waals surface area contributed by atoms with E-state index in [9.17, 15) is 9.59 Å². The summed E-state index contributed by atoms with van der Waals surface area (Å²) in [6, 6.07) is 4.87. The number of guanidine groups is 1. The molecule has 2 aromatic rings. The van der Waals surface area contributed by atoms with Crippen molar-refractivity contribution in [3.63, 3.8) is 0 Å². The number of aromatic amines is 1. The number of nitrogens with one attached hydrogen (secondary N) is 4. The largest absolute Gasteiger partial charge is 0.464 e. The van der Waals surface area contributed by atoms with E-state index in [2.05, 4.69) is 31.5 Å². The van der Waals surface area contributed by atoms with Crippen molar-refractivity contribution in [2.24, 2.45) is 11.5 Å². The highest BCUT2D eigenvalue weighted by molar-refractivity contribution is 9.10. The Morgan fingerprint density at radius 1 is 1.43 bits per heavy atom. The summed E-state index contributed by atoms with van der Waals surface area (Å²) in [6.45, 7) is 0.431. The highest BCUT2D eigenvalue weighted by atomic mass is 79.9. The average molecular weight is 451 g/mol. The van der Waals surface area contributed by atoms with Crippen LogP contribution in [-0.2, 0) is 14.3 Å². The monoisotopic (exact) mass is 450 g/mol. The molecule has 1 amide bonds. The molecular formula is C18H23BrN6O3. The number of aromatic nitrogens is 1. The minimum Gasteiger partial charge on any atom is -0.464 e. The Bertz CT molecular complexity index is 908. The molecule has 0 aliphatic carbocycles. The van der Waals surface area contributed by atoms with Crippen LogP contribution in [0.4, 0.5) is 0 Å². The maximum Gasteiger partial charge on any atom is 0.354 e. The van der Waals surface area contributed by atoms with Gasteiger partial charge in [0.25, 0.3) is 0 Å². The maximum absolute atomic E-state index is 12.4. The van der Waals surface area contributed by atoms with Gasteiger partial charge in [-0.3, -0.25) is 10.2 Å². The summed E-state index contributed by atoms with van der Waals surface area (Å²) in [6.07, 6.45) is 4.19. The lowest BCUT2D eigenvalue weighted by Crippen LogP contribution is -2.42. The van der Waals surface area contributed by atoms with Gasteiger partial charge < -0.3 is 31.8 Å². The van der Waals surface area contributed by atoms with Gasteiger partial charge in [-0.05, 0) is 31.1 Å². The molecular weight excluding hydrogens is 428 g/mol. The molecule has 9 nitrogen and oxygen atoms in total. The third-order valence-corrected chi connectivity index (χ3v) is 4.48. The quantitative estimate of drug-likeness (QED) is 0.116. The number of H-pyrrole nitrogens is 1. The number of ether oxygens (including phenoxy) is 1. The molecule has 0 aliphatic heterocycles. The van der Waals surface area contributed by atoms with Crippen LogP contribution in [0, 0.1) is 5.41 Å². The van der Waals surface area contributed by atoms with Crippen LogP contribution in [0.2, 0.25) is 0 Å². The van der Waals surface area contributed by atoms with Crippen molar-refractivity contribution in [2.75, 3.05) is 13.7 Å². The van der Waals surface area contributed by atoms with E-state index in [4.69, 9.17) is 21.6 Å². The zero-order valence-electron chi connectivity index (χ0n) is 15.3. The maximum atomic E-state index is 12.4. The Hall–Kier alpha value is -2.85. The van der Waals surface area contributed by atoms with Crippen LogP contribution in [0.1, 0.15) is 18.4 Å². The Morgan fingerprint density at radius 2 is 2.18 bits per heavy atom. The van der Waals surface area contributed by atoms with Crippen LogP contribution in [-0.4, -0.2) is 42.5 Å². The molecule has 0 fully saturated rings. The Balaban J connectivity index is 2.12. The fourth-order valence-electron chi connectivity index (χ4n) is 2.55. The molecule has 0 saturated heterocycles. The Labute approximate surface area is 170 Å². The van der Waals surface area contributed by atoms with Crippen LogP contribution >= 0.6 is 15.9 Å². The molecule has 28 heavy (non-hydrogen) atoms. The number of hydrogen-bond acceptors (Lipinski definition) is 5. The first kappa shape index (κ1) is 21.5. The second kappa shape index (κ2) is 9.90. The molecule has 1 atom stereocenters. The van der Waals surface area contributed by atoms with E-state index >= 15 is 0 Å². The summed E-state index contributed by atoms with van der Waals surface area (Å²) < 4.78 is 5.69. The second-order valence-electron chi connectivity index (χ2n) is 6.06. The van der Waals surface area contributed by atoms with Crippen molar-refractivity contribution in [3.8, 4) is 0 Å². The molecule has 150 valence electrons. The van der Waals surface area contributed by atoms with E-state index in [0.29, 0.717) is 19.4 Å². The van der Waals surface area contributed by atoms with Crippen molar-refractivity contribution in [1.29, 1.82) is 5.41 Å². The van der Waals surface area contributed by atoms with Crippen molar-refractivity contribution in [1.82, 2.24) is 15.6 Å². The molecule has 0 unspecified atom stereocenters. The fraction of sp³-hybridized carbons (Fsp3) is 0.278. The number of methoxy groups -OCH3 is 1. The third kappa shape index (κ3) is 5.83. The number of esters is 1. The first-order valence-corrected chi connectivity index (χ1v) is 9.32. The van der Waals surface area contributed by atoms with Crippen molar-refractivity contribution >= 4 is 50.7 Å². The molecule has 0 spiro atoms. The average Bonchev–Trinajstić information content (AvgIpc) is 3.05. The number of amides is 1. The summed E-state index contributed by atoms with van der Waals surface area (Å²) in [5.74, 6) is -1.31. The van der Waals surface area contributed by atoms with Gasteiger partial charge in [-0.25, -0.2) is 4.79 Å². The first-order valence-electron chi connectivity index (χ1n) is 8.52. The summed E-state index contributed by atoms with van der Waals surface area (Å²) in [5, 5.41) is 13.2. The lowest BCUT2D eigenvalue weighted by molar-refractivity contribution is -0.137. The van der Waals surface area contributed by atoms with Crippen molar-refractivity contribution in [3.05, 3.63) is 40.1 Å². The van der Waals surface area contributed by atoms with E-state index in [1.807, 2.05) is 18.2 Å². The van der Waals surface area contributed by atoms with Gasteiger partial charge in [0.1, 0.15) is 5.70 Å². The number of fused-ring (bicyclic) bond motifs is 1. The second-order valence-corrected chi connectivity index (χ2v) is 6.98. The van der Waals surface area contributed by atoms with Crippen LogP contribution in [0.25, 0.3) is 17.0 Å². The van der Waals surface area contributed by atoms with Crippen LogP contribution in [0.15, 0.2) is 34.6 Å². The Morgan fingerprint density at radius 3 is 2.86 bits per heavy atom. The number of nitrogens with two attached hydrogens (primary N) is 2. The molecule has 0 bridgehead atoms. The highest BCUT2D eigenvalue weighted by Crippen LogP contribution is 2.24. The number of rotatable bonds is 8. The number of benzene rings is 1. The van der Waals surface area contributed by atoms with Gasteiger partial charge in [0, 0.05) is 33.7 Å². The predicted octanol–water partition coefficient (Wildman–Crippen LogP) is 1.15. The SMILES string of the molecule is COC(=O)/C(=C/c1c[nH]c2cc(Br)ccc12)NC(=O)[C@@H](N)CCCNC(=N)N. The van der Waals surface area contributed by atoms with E-state index in [1.165, 1.54) is 7.11 Å². The van der Waals surface area contributed by atoms with Crippen LogP contribution in [0.3, 0.4) is 0 Å². The highest BCUT2D eigenvalue weighted by Gasteiger charge is 2.19. The summed E-state index contributed by atoms with van der Waals surface area (Å²) >= 11 is 3.41. The molecule has 0 radical (unpaired) electrons. The first-order chi connectivity index (χ1) is 13.3. The molecule has 1 heterocycles. The molecule has 10 heteroatoms. The summed E-state index contributed by atoms with van der Waals surface area (Å²) in [5.41, 5.74) is 12.7. The zero-order valence-corrected chi connectivity index (χ0v) is 16.9. The lowest BCUT2D eigenvalue weighted by Gasteiger charge is -2.14. The molecule has 0 saturated carbocycles. The van der Waals surface area contributed by atoms with Gasteiger partial charge in [-0.1, -0.05) is 22.0 Å². The number of hydrogen-bond donors (Lipinski definition) is 6. The molecule has 1 aromatic heterocycles. The molecule has 0 aliphatic rings. The van der Waals surface area contributed by atoms with Gasteiger partial charge in [0.05, 0.1) is 13.2 Å². The lowest BCUT2D eigenvalue weighted by atomic mass is 10.1. The fourth-order valence-corrected chi connectivity index (χ4v) is 2.91. The van der Waals surface area contributed by atoms with Gasteiger partial charge in [0.2, 0.25) is 5.91 Å². The molecule has 8 N–H and O–H groups in total. The Kier molecular flexibility index (Phi) is 7.59. The summed E-state index contributed by atoms with van der Waals surface area (Å²) in [7, 11) is 1.24. The van der Waals surface area contributed by atoms with Crippen LogP contribution < -0.4 is 22.1 Å². The topological polar surface area (TPSA) is 159 Å². The minimum atomic E-state index is -0.819. The van der Waals surface area contributed by atoms with Gasteiger partial charge >= 0.3 is 5.97 Å². The van der Waals surface area contributed by atoms with Gasteiger partial charge in [0.15, 0.2) is 5.96 Å². The minimum absolute atomic E-state index is 0.00590. The summed E-state index contributed by atoms with van der Waals surface area (Å²) in [4.78, 5) is 27.6. The van der Waals surface area contributed by atoms with Gasteiger partial charge in [-0.15, -0.1) is 0 Å². The number of carbonyl (C=O) groups excluding carboxylic acids is 2. The van der Waals surface area contributed by atoms with Crippen LogP contribution in [0.5, 0.6) is 0 Å². The van der Waals surface area contributed by atoms with Gasteiger partial charge in [-0.2, -0.15) is 0 Å². The molecule has 2 rings (SSSR count). The number of halogens is 1. The van der Waals surface area contributed by atoms with E-state index < -0.39 is 17.9 Å². The molecule has 1 aromatic carbocycles. The standard InChI is InChI=1S/C18H23BrN6O3/c1-28-17(27)15(25-16(26)13(20)3-2-6-23-18(21)22)7-10-9-24-14-8-11(19)4-5-12(10)14/h4-5,7-9,13,24H,2-3,6,20H2,1H3,(H,25,26)(H4,21,22,23)/b15-7-/t13-/m0/s1. The van der Waals surface area contributed by atoms with E-state index in [1.54, 1.807) is 12.3 Å². The normalized spacial score (nSPS) is 12.5. The smallest absolute Gasteiger partial charge is 0.354 e. The number of carbonyl (C=O) groups is 2.